The van der Waals surface area contributed by atoms with Crippen molar-refractivity contribution in [2.45, 2.75) is 65.8 Å². The predicted octanol–water partition coefficient (Wildman–Crippen LogP) is 3.13. The van der Waals surface area contributed by atoms with Crippen LogP contribution in [0.5, 0.6) is 0 Å². The number of nitrogens with one attached hydrogen (secondary N) is 1. The molecule has 2 aliphatic rings. The van der Waals surface area contributed by atoms with Crippen LogP contribution in [0.3, 0.4) is 0 Å². The monoisotopic (exact) mass is 400 g/mol. The van der Waals surface area contributed by atoms with Gasteiger partial charge in [0.2, 0.25) is 0 Å². The molecule has 3 rings (SSSR count). The molecule has 2 aliphatic heterocycles. The molecule has 29 heavy (non-hydrogen) atoms. The first-order chi connectivity index (χ1) is 13.5. The van der Waals surface area contributed by atoms with Gasteiger partial charge in [-0.25, -0.2) is 0 Å². The molecular formula is C23H36N4O2. The van der Waals surface area contributed by atoms with Crippen molar-refractivity contribution in [1.82, 2.24) is 15.1 Å². The standard InChI is InChI=1S/C23H36N4O2/c1-16-13-26(14-17(2)29-16)20(28)19-10-8-18(9-11-19)12-25-21(24-7)27-15-22(3,4)23(27,5)6/h8-11,16-17H,12-15H2,1-7H3,(H,24,25). The van der Waals surface area contributed by atoms with E-state index in [2.05, 4.69) is 42.9 Å². The highest BCUT2D eigenvalue weighted by molar-refractivity contribution is 5.94. The number of aliphatic imine (C=N–C) groups is 1. The maximum atomic E-state index is 12.8. The molecule has 2 saturated heterocycles. The summed E-state index contributed by atoms with van der Waals surface area (Å²) < 4.78 is 5.73. The van der Waals surface area contributed by atoms with Gasteiger partial charge >= 0.3 is 0 Å². The molecule has 0 saturated carbocycles. The van der Waals surface area contributed by atoms with Gasteiger partial charge in [-0.3, -0.25) is 9.79 Å². The van der Waals surface area contributed by atoms with Crippen LogP contribution in [0, 0.1) is 5.41 Å². The van der Waals surface area contributed by atoms with E-state index in [-0.39, 0.29) is 29.1 Å². The Balaban J connectivity index is 1.59. The lowest BCUT2D eigenvalue weighted by atomic mass is 9.65. The summed E-state index contributed by atoms with van der Waals surface area (Å²) in [6.07, 6.45) is 0.155. The van der Waals surface area contributed by atoms with Crippen molar-refractivity contribution in [3.05, 3.63) is 35.4 Å². The number of carbonyl (C=O) groups is 1. The molecule has 0 aliphatic carbocycles. The van der Waals surface area contributed by atoms with Gasteiger partial charge in [0.25, 0.3) is 5.91 Å². The molecule has 6 heteroatoms. The Morgan fingerprint density at radius 2 is 1.72 bits per heavy atom. The van der Waals surface area contributed by atoms with E-state index in [4.69, 9.17) is 4.74 Å². The van der Waals surface area contributed by atoms with Crippen molar-refractivity contribution in [2.24, 2.45) is 10.4 Å². The van der Waals surface area contributed by atoms with Crippen LogP contribution in [-0.4, -0.2) is 66.1 Å². The third kappa shape index (κ3) is 4.27. The minimum atomic E-state index is 0.0670. The average molecular weight is 401 g/mol. The quantitative estimate of drug-likeness (QED) is 0.626. The molecule has 2 atom stereocenters. The van der Waals surface area contributed by atoms with E-state index in [1.807, 2.05) is 50.1 Å². The molecule has 1 aromatic rings. The second-order valence-corrected chi connectivity index (χ2v) is 9.59. The zero-order valence-corrected chi connectivity index (χ0v) is 19.0. The Kier molecular flexibility index (Phi) is 5.95. The normalized spacial score (nSPS) is 26.1. The molecule has 2 heterocycles. The second-order valence-electron chi connectivity index (χ2n) is 9.59. The third-order valence-corrected chi connectivity index (χ3v) is 6.71. The number of benzene rings is 1. The minimum Gasteiger partial charge on any atom is -0.372 e. The van der Waals surface area contributed by atoms with Crippen molar-refractivity contribution < 1.29 is 9.53 Å². The number of hydrogen-bond acceptors (Lipinski definition) is 3. The Bertz CT molecular complexity index is 760. The number of carbonyl (C=O) groups excluding carboxylic acids is 1. The summed E-state index contributed by atoms with van der Waals surface area (Å²) in [5.41, 5.74) is 2.19. The number of guanidine groups is 1. The fourth-order valence-electron chi connectivity index (χ4n) is 4.17. The lowest BCUT2D eigenvalue weighted by Crippen LogP contribution is -2.72. The van der Waals surface area contributed by atoms with Gasteiger partial charge in [-0.05, 0) is 45.4 Å². The summed E-state index contributed by atoms with van der Waals surface area (Å²) in [5.74, 6) is 0.998. The summed E-state index contributed by atoms with van der Waals surface area (Å²) in [6, 6.07) is 7.88. The van der Waals surface area contributed by atoms with Crippen LogP contribution in [-0.2, 0) is 11.3 Å². The Labute approximate surface area is 175 Å². The smallest absolute Gasteiger partial charge is 0.254 e. The van der Waals surface area contributed by atoms with Crippen molar-refractivity contribution >= 4 is 11.9 Å². The van der Waals surface area contributed by atoms with Crippen LogP contribution >= 0.6 is 0 Å². The lowest BCUT2D eigenvalue weighted by molar-refractivity contribution is -0.0667. The highest BCUT2D eigenvalue weighted by Gasteiger charge is 2.53. The zero-order valence-electron chi connectivity index (χ0n) is 19.0. The van der Waals surface area contributed by atoms with Crippen LogP contribution in [0.1, 0.15) is 57.5 Å². The number of rotatable bonds is 3. The summed E-state index contributed by atoms with van der Waals surface area (Å²) in [4.78, 5) is 21.5. The Hall–Kier alpha value is -2.08. The molecule has 1 N–H and O–H groups in total. The molecule has 6 nitrogen and oxygen atoms in total. The first-order valence-electron chi connectivity index (χ1n) is 10.6. The number of morpholine rings is 1. The zero-order chi connectivity index (χ0) is 21.4. The highest BCUT2D eigenvalue weighted by atomic mass is 16.5. The van der Waals surface area contributed by atoms with E-state index in [9.17, 15) is 4.79 Å². The van der Waals surface area contributed by atoms with Gasteiger partial charge in [0.05, 0.1) is 12.2 Å². The van der Waals surface area contributed by atoms with Crippen LogP contribution in [0.15, 0.2) is 29.3 Å². The first kappa shape index (κ1) is 21.6. The van der Waals surface area contributed by atoms with Crippen LogP contribution in [0.25, 0.3) is 0 Å². The molecular weight excluding hydrogens is 364 g/mol. The highest BCUT2D eigenvalue weighted by Crippen LogP contribution is 2.46. The van der Waals surface area contributed by atoms with E-state index in [0.29, 0.717) is 19.6 Å². The maximum absolute atomic E-state index is 12.8. The van der Waals surface area contributed by atoms with Crippen molar-refractivity contribution in [3.63, 3.8) is 0 Å². The predicted molar refractivity (Wildman–Crippen MR) is 117 cm³/mol. The van der Waals surface area contributed by atoms with E-state index >= 15 is 0 Å². The van der Waals surface area contributed by atoms with Gasteiger partial charge in [0.1, 0.15) is 0 Å². The molecule has 2 fully saturated rings. The molecule has 2 unspecified atom stereocenters. The first-order valence-corrected chi connectivity index (χ1v) is 10.6. The van der Waals surface area contributed by atoms with Gasteiger partial charge in [-0.1, -0.05) is 26.0 Å². The summed E-state index contributed by atoms with van der Waals surface area (Å²) in [5, 5.41) is 3.47. The van der Waals surface area contributed by atoms with Crippen LogP contribution < -0.4 is 5.32 Å². The number of ether oxygens (including phenoxy) is 1. The van der Waals surface area contributed by atoms with E-state index in [0.717, 1.165) is 23.6 Å². The molecule has 0 aromatic heterocycles. The minimum absolute atomic E-state index is 0.0670. The van der Waals surface area contributed by atoms with Crippen LogP contribution in [0.4, 0.5) is 0 Å². The van der Waals surface area contributed by atoms with Gasteiger partial charge < -0.3 is 19.9 Å². The van der Waals surface area contributed by atoms with Crippen molar-refractivity contribution in [1.29, 1.82) is 0 Å². The molecule has 0 bridgehead atoms. The van der Waals surface area contributed by atoms with Crippen molar-refractivity contribution in [3.8, 4) is 0 Å². The Morgan fingerprint density at radius 3 is 2.21 bits per heavy atom. The summed E-state index contributed by atoms with van der Waals surface area (Å²) >= 11 is 0. The van der Waals surface area contributed by atoms with E-state index in [1.54, 1.807) is 0 Å². The number of hydrogen-bond donors (Lipinski definition) is 1. The average Bonchev–Trinajstić information content (AvgIpc) is 2.66. The Morgan fingerprint density at radius 1 is 1.14 bits per heavy atom. The number of amides is 1. The van der Waals surface area contributed by atoms with Crippen LogP contribution in [0.2, 0.25) is 0 Å². The lowest BCUT2D eigenvalue weighted by Gasteiger charge is -2.62. The SMILES string of the molecule is CN=C(NCc1ccc(C(=O)N2CC(C)OC(C)C2)cc1)N1CC(C)(C)C1(C)C. The van der Waals surface area contributed by atoms with Gasteiger partial charge in [-0.2, -0.15) is 0 Å². The maximum Gasteiger partial charge on any atom is 0.254 e. The summed E-state index contributed by atoms with van der Waals surface area (Å²) in [6.45, 7) is 16.1. The number of likely N-dealkylation sites (tertiary alicyclic amines) is 1. The fourth-order valence-corrected chi connectivity index (χ4v) is 4.17. The molecule has 0 radical (unpaired) electrons. The fraction of sp³-hybridized carbons (Fsp3) is 0.652. The van der Waals surface area contributed by atoms with E-state index in [1.165, 1.54) is 0 Å². The van der Waals surface area contributed by atoms with Crippen molar-refractivity contribution in [2.75, 3.05) is 26.7 Å². The van der Waals surface area contributed by atoms with Gasteiger partial charge in [0, 0.05) is 49.7 Å². The topological polar surface area (TPSA) is 57.2 Å². The molecule has 0 spiro atoms. The second kappa shape index (κ2) is 7.98. The molecule has 160 valence electrons. The third-order valence-electron chi connectivity index (χ3n) is 6.71. The number of nitrogens with zero attached hydrogens (tertiary/aromatic N) is 3. The molecule has 1 amide bonds. The van der Waals surface area contributed by atoms with E-state index < -0.39 is 0 Å². The van der Waals surface area contributed by atoms with Gasteiger partial charge in [0.15, 0.2) is 5.96 Å². The molecule has 1 aromatic carbocycles. The largest absolute Gasteiger partial charge is 0.372 e. The van der Waals surface area contributed by atoms with Gasteiger partial charge in [-0.15, -0.1) is 0 Å². The summed E-state index contributed by atoms with van der Waals surface area (Å²) in [7, 11) is 1.83.